The third-order valence-electron chi connectivity index (χ3n) is 2.45. The Balaban J connectivity index is 2.78. The molecular formula is C12H21N3O2S. The summed E-state index contributed by atoms with van der Waals surface area (Å²) in [4.78, 5) is 1.88. The van der Waals surface area contributed by atoms with E-state index in [-0.39, 0.29) is 5.75 Å². The number of benzene rings is 1. The van der Waals surface area contributed by atoms with E-state index in [9.17, 15) is 8.42 Å². The van der Waals surface area contributed by atoms with Gasteiger partial charge in [-0.2, -0.15) is 0 Å². The van der Waals surface area contributed by atoms with Gasteiger partial charge < -0.3 is 10.2 Å². The van der Waals surface area contributed by atoms with Crippen molar-refractivity contribution >= 4 is 21.4 Å². The monoisotopic (exact) mass is 271 g/mol. The lowest BCUT2D eigenvalue weighted by Gasteiger charge is -2.18. The van der Waals surface area contributed by atoms with Crippen LogP contribution in [0.25, 0.3) is 0 Å². The van der Waals surface area contributed by atoms with Gasteiger partial charge in [0, 0.05) is 20.6 Å². The Labute approximate surface area is 109 Å². The number of para-hydroxylation sites is 2. The highest BCUT2D eigenvalue weighted by molar-refractivity contribution is 7.92. The van der Waals surface area contributed by atoms with E-state index in [1.165, 1.54) is 0 Å². The van der Waals surface area contributed by atoms with Crippen LogP contribution in [0.3, 0.4) is 0 Å². The van der Waals surface area contributed by atoms with E-state index in [1.54, 1.807) is 6.07 Å². The zero-order valence-electron chi connectivity index (χ0n) is 11.1. The molecule has 0 bridgehead atoms. The third-order valence-corrected chi connectivity index (χ3v) is 3.72. The second kappa shape index (κ2) is 6.61. The predicted molar refractivity (Wildman–Crippen MR) is 76.7 cm³/mol. The van der Waals surface area contributed by atoms with Crippen LogP contribution < -0.4 is 14.9 Å². The molecule has 0 spiro atoms. The molecule has 0 radical (unpaired) electrons. The first-order chi connectivity index (χ1) is 8.46. The summed E-state index contributed by atoms with van der Waals surface area (Å²) < 4.78 is 26.4. The fourth-order valence-corrected chi connectivity index (χ4v) is 2.57. The quantitative estimate of drug-likeness (QED) is 0.729. The fraction of sp³-hybridized carbons (Fsp3) is 0.500. The van der Waals surface area contributed by atoms with Crippen LogP contribution in [0.1, 0.15) is 6.92 Å². The summed E-state index contributed by atoms with van der Waals surface area (Å²) in [5, 5.41) is 3.00. The first-order valence-electron chi connectivity index (χ1n) is 5.94. The van der Waals surface area contributed by atoms with Crippen molar-refractivity contribution in [2.24, 2.45) is 0 Å². The number of sulfonamides is 1. The minimum atomic E-state index is -3.30. The number of nitrogens with zero attached hydrogens (tertiary/aromatic N) is 1. The largest absolute Gasteiger partial charge is 0.376 e. The molecule has 0 aliphatic carbocycles. The molecule has 0 unspecified atom stereocenters. The molecule has 0 saturated carbocycles. The van der Waals surface area contributed by atoms with Crippen molar-refractivity contribution < 1.29 is 8.42 Å². The molecule has 5 nitrogen and oxygen atoms in total. The van der Waals surface area contributed by atoms with Crippen LogP contribution >= 0.6 is 0 Å². The maximum absolute atomic E-state index is 11.9. The average Bonchev–Trinajstić information content (AvgIpc) is 2.29. The van der Waals surface area contributed by atoms with Crippen LogP contribution in [0.5, 0.6) is 0 Å². The molecule has 0 aromatic heterocycles. The highest BCUT2D eigenvalue weighted by Crippen LogP contribution is 2.24. The molecule has 1 aromatic carbocycles. The maximum atomic E-state index is 11.9. The lowest BCUT2D eigenvalue weighted by Crippen LogP contribution is -2.27. The smallest absolute Gasteiger partial charge is 0.234 e. The second-order valence-corrected chi connectivity index (χ2v) is 6.03. The van der Waals surface area contributed by atoms with E-state index >= 15 is 0 Å². The normalized spacial score (nSPS) is 11.3. The van der Waals surface area contributed by atoms with Gasteiger partial charge in [-0.3, -0.25) is 4.72 Å². The summed E-state index contributed by atoms with van der Waals surface area (Å²) >= 11 is 0. The molecule has 0 saturated heterocycles. The summed E-state index contributed by atoms with van der Waals surface area (Å²) in [5.74, 6) is 0.0720. The Kier molecular flexibility index (Phi) is 5.43. The van der Waals surface area contributed by atoms with Crippen LogP contribution in [-0.2, 0) is 10.0 Å². The van der Waals surface area contributed by atoms with Gasteiger partial charge in [-0.1, -0.05) is 19.1 Å². The third kappa shape index (κ3) is 4.54. The summed E-state index contributed by atoms with van der Waals surface area (Å²) in [6, 6.07) is 7.34. The molecule has 102 valence electrons. The molecular weight excluding hydrogens is 250 g/mol. The highest BCUT2D eigenvalue weighted by atomic mass is 32.2. The minimum absolute atomic E-state index is 0.0720. The topological polar surface area (TPSA) is 61.4 Å². The van der Waals surface area contributed by atoms with E-state index in [0.717, 1.165) is 12.2 Å². The summed E-state index contributed by atoms with van der Waals surface area (Å²) in [6.45, 7) is 3.17. The van der Waals surface area contributed by atoms with Gasteiger partial charge in [0.2, 0.25) is 10.0 Å². The zero-order chi connectivity index (χ0) is 13.6. The first kappa shape index (κ1) is 14.8. The Bertz CT molecular complexity index is 472. The van der Waals surface area contributed by atoms with Crippen molar-refractivity contribution in [3.63, 3.8) is 0 Å². The van der Waals surface area contributed by atoms with Crippen LogP contribution in [0, 0.1) is 0 Å². The van der Waals surface area contributed by atoms with Gasteiger partial charge in [0.25, 0.3) is 0 Å². The lowest BCUT2D eigenvalue weighted by atomic mass is 10.2. The molecule has 0 amide bonds. The molecule has 0 atom stereocenters. The van der Waals surface area contributed by atoms with E-state index < -0.39 is 10.0 Å². The predicted octanol–water partition coefficient (Wildman–Crippen LogP) is 1.10. The number of anilines is 2. The minimum Gasteiger partial charge on any atom is -0.376 e. The van der Waals surface area contributed by atoms with Crippen LogP contribution in [-0.4, -0.2) is 41.4 Å². The van der Waals surface area contributed by atoms with Gasteiger partial charge in [-0.05, 0) is 18.7 Å². The Morgan fingerprint density at radius 2 is 1.89 bits per heavy atom. The molecule has 1 aromatic rings. The lowest BCUT2D eigenvalue weighted by molar-refractivity contribution is 0.597. The van der Waals surface area contributed by atoms with E-state index in [2.05, 4.69) is 10.0 Å². The molecule has 6 heteroatoms. The first-order valence-corrected chi connectivity index (χ1v) is 7.59. The van der Waals surface area contributed by atoms with Gasteiger partial charge in [-0.15, -0.1) is 0 Å². The van der Waals surface area contributed by atoms with Crippen molar-refractivity contribution in [2.75, 3.05) is 42.6 Å². The van der Waals surface area contributed by atoms with E-state index in [1.807, 2.05) is 44.1 Å². The van der Waals surface area contributed by atoms with Crippen molar-refractivity contribution in [1.82, 2.24) is 5.32 Å². The average molecular weight is 271 g/mol. The molecule has 0 aliphatic rings. The number of hydrogen-bond donors (Lipinski definition) is 2. The molecule has 0 fully saturated rings. The Morgan fingerprint density at radius 3 is 2.50 bits per heavy atom. The summed E-state index contributed by atoms with van der Waals surface area (Å²) in [7, 11) is 0.459. The van der Waals surface area contributed by atoms with E-state index in [4.69, 9.17) is 0 Å². The number of hydrogen-bond acceptors (Lipinski definition) is 4. The Morgan fingerprint density at radius 1 is 1.22 bits per heavy atom. The maximum Gasteiger partial charge on any atom is 0.234 e. The van der Waals surface area contributed by atoms with Crippen molar-refractivity contribution in [2.45, 2.75) is 6.92 Å². The molecule has 0 aliphatic heterocycles. The van der Waals surface area contributed by atoms with Gasteiger partial charge >= 0.3 is 0 Å². The molecule has 0 heterocycles. The number of nitrogens with one attached hydrogen (secondary N) is 2. The molecule has 1 rings (SSSR count). The van der Waals surface area contributed by atoms with Crippen LogP contribution in [0.4, 0.5) is 11.4 Å². The standard InChI is InChI=1S/C12H21N3O2S/c1-4-13-9-10-18(16,17)14-11-7-5-6-8-12(11)15(2)3/h5-8,13-14H,4,9-10H2,1-3H3. The zero-order valence-corrected chi connectivity index (χ0v) is 11.9. The van der Waals surface area contributed by atoms with Crippen molar-refractivity contribution in [3.05, 3.63) is 24.3 Å². The second-order valence-electron chi connectivity index (χ2n) is 4.19. The van der Waals surface area contributed by atoms with Crippen molar-refractivity contribution in [3.8, 4) is 0 Å². The van der Waals surface area contributed by atoms with Gasteiger partial charge in [0.05, 0.1) is 17.1 Å². The molecule has 18 heavy (non-hydrogen) atoms. The van der Waals surface area contributed by atoms with Gasteiger partial charge in [0.15, 0.2) is 0 Å². The highest BCUT2D eigenvalue weighted by Gasteiger charge is 2.12. The van der Waals surface area contributed by atoms with Crippen LogP contribution in [0.15, 0.2) is 24.3 Å². The van der Waals surface area contributed by atoms with E-state index in [0.29, 0.717) is 12.2 Å². The summed E-state index contributed by atoms with van der Waals surface area (Å²) in [5.41, 5.74) is 1.46. The molecule has 2 N–H and O–H groups in total. The SMILES string of the molecule is CCNCCS(=O)(=O)Nc1ccccc1N(C)C. The fourth-order valence-electron chi connectivity index (χ4n) is 1.55. The van der Waals surface area contributed by atoms with Gasteiger partial charge in [0.1, 0.15) is 0 Å². The van der Waals surface area contributed by atoms with Crippen LogP contribution in [0.2, 0.25) is 0 Å². The summed E-state index contributed by atoms with van der Waals surface area (Å²) in [6.07, 6.45) is 0. The van der Waals surface area contributed by atoms with Crippen molar-refractivity contribution in [1.29, 1.82) is 0 Å². The number of rotatable bonds is 7. The Hall–Kier alpha value is -1.27. The van der Waals surface area contributed by atoms with Gasteiger partial charge in [-0.25, -0.2) is 8.42 Å².